The molecule has 14 heavy (non-hydrogen) atoms. The molecule has 0 amide bonds. The molecular weight excluding hydrogens is 176 g/mol. The second-order valence-corrected chi connectivity index (χ2v) is 3.81. The number of nitrogens with two attached hydrogens (primary N) is 1. The van der Waals surface area contributed by atoms with Crippen molar-refractivity contribution in [2.45, 2.75) is 19.3 Å². The molecule has 0 aliphatic carbocycles. The highest BCUT2D eigenvalue weighted by atomic mass is 15.3. The third-order valence-electron chi connectivity index (χ3n) is 2.65. The minimum Gasteiger partial charge on any atom is -0.370 e. The Hall–Kier alpha value is -1.32. The third-order valence-corrected chi connectivity index (χ3v) is 2.65. The molecule has 1 aromatic heterocycles. The number of rotatable bonds is 1. The topological polar surface area (TPSA) is 46.0 Å². The molecule has 0 aromatic carbocycles. The van der Waals surface area contributed by atoms with E-state index in [0.717, 1.165) is 19.0 Å². The summed E-state index contributed by atoms with van der Waals surface area (Å²) in [5.41, 5.74) is 5.68. The number of hydrogen-bond acceptors (Lipinski definition) is 3. The lowest BCUT2D eigenvalue weighted by Gasteiger charge is -2.21. The Morgan fingerprint density at radius 2 is 2.07 bits per heavy atom. The molecule has 1 saturated heterocycles. The first-order valence-electron chi connectivity index (χ1n) is 5.14. The maximum atomic E-state index is 5.68. The smallest absolute Gasteiger partial charge is 0.370 e. The molecule has 0 saturated carbocycles. The van der Waals surface area contributed by atoms with Gasteiger partial charge in [-0.25, -0.2) is 4.57 Å². The van der Waals surface area contributed by atoms with Gasteiger partial charge in [0, 0.05) is 6.07 Å². The van der Waals surface area contributed by atoms with Crippen LogP contribution < -0.4 is 15.2 Å². The van der Waals surface area contributed by atoms with Crippen LogP contribution in [0.2, 0.25) is 0 Å². The molecule has 1 fully saturated rings. The van der Waals surface area contributed by atoms with Crippen LogP contribution in [0.25, 0.3) is 0 Å². The van der Waals surface area contributed by atoms with Crippen LogP contribution in [0.15, 0.2) is 12.3 Å². The minimum absolute atomic E-state index is 0.601. The molecule has 0 unspecified atom stereocenters. The highest BCUT2D eigenvalue weighted by Gasteiger charge is 2.22. The summed E-state index contributed by atoms with van der Waals surface area (Å²) in [6.45, 7) is 2.20. The lowest BCUT2D eigenvalue weighted by atomic mass is 10.1. The lowest BCUT2D eigenvalue weighted by Crippen LogP contribution is -2.42. The molecule has 2 N–H and O–H groups in total. The van der Waals surface area contributed by atoms with E-state index in [4.69, 9.17) is 5.73 Å². The number of aryl methyl sites for hydroxylation is 1. The molecule has 0 spiro atoms. The first kappa shape index (κ1) is 9.24. The Bertz CT molecular complexity index is 318. The fraction of sp³-hybridized carbons (Fsp3) is 0.600. The average Bonchev–Trinajstić information content (AvgIpc) is 2.23. The van der Waals surface area contributed by atoms with E-state index in [2.05, 4.69) is 9.88 Å². The largest absolute Gasteiger partial charge is 0.395 e. The molecule has 4 nitrogen and oxygen atoms in total. The molecule has 2 heterocycles. The summed E-state index contributed by atoms with van der Waals surface area (Å²) in [4.78, 5) is 6.67. The maximum Gasteiger partial charge on any atom is 0.395 e. The number of piperidine rings is 1. The molecule has 0 radical (unpaired) electrons. The number of nitrogens with zero attached hydrogens (tertiary/aromatic N) is 3. The van der Waals surface area contributed by atoms with Crippen LogP contribution in [0.5, 0.6) is 0 Å². The van der Waals surface area contributed by atoms with Gasteiger partial charge in [-0.15, -0.1) is 0 Å². The average molecular weight is 193 g/mol. The third kappa shape index (κ3) is 1.78. The summed E-state index contributed by atoms with van der Waals surface area (Å²) in [6.07, 6.45) is 5.82. The zero-order valence-corrected chi connectivity index (χ0v) is 8.61. The van der Waals surface area contributed by atoms with Crippen molar-refractivity contribution < 1.29 is 4.57 Å². The summed E-state index contributed by atoms with van der Waals surface area (Å²) in [6, 6.07) is 1.83. The van der Waals surface area contributed by atoms with Gasteiger partial charge in [-0.2, -0.15) is 0 Å². The number of hydrogen-bond donors (Lipinski definition) is 1. The highest BCUT2D eigenvalue weighted by molar-refractivity contribution is 5.33. The van der Waals surface area contributed by atoms with Crippen molar-refractivity contribution in [1.82, 2.24) is 4.98 Å². The van der Waals surface area contributed by atoms with Crippen LogP contribution >= 0.6 is 0 Å². The molecule has 1 aromatic rings. The summed E-state index contributed by atoms with van der Waals surface area (Å²) in [5, 5.41) is 0. The number of anilines is 2. The van der Waals surface area contributed by atoms with Gasteiger partial charge < -0.3 is 5.73 Å². The van der Waals surface area contributed by atoms with E-state index in [1.54, 1.807) is 0 Å². The first-order chi connectivity index (χ1) is 6.77. The fourth-order valence-electron chi connectivity index (χ4n) is 1.87. The maximum absolute atomic E-state index is 5.68. The van der Waals surface area contributed by atoms with Gasteiger partial charge in [0.2, 0.25) is 5.82 Å². The predicted molar refractivity (Wildman–Crippen MR) is 55.9 cm³/mol. The second kappa shape index (κ2) is 3.82. The zero-order chi connectivity index (χ0) is 9.97. The highest BCUT2D eigenvalue weighted by Crippen LogP contribution is 2.14. The van der Waals surface area contributed by atoms with Crippen molar-refractivity contribution in [2.24, 2.45) is 7.05 Å². The van der Waals surface area contributed by atoms with Gasteiger partial charge in [-0.05, 0) is 19.3 Å². The van der Waals surface area contributed by atoms with Crippen molar-refractivity contribution in [3.63, 3.8) is 0 Å². The van der Waals surface area contributed by atoms with Crippen LogP contribution in [0.4, 0.5) is 11.8 Å². The van der Waals surface area contributed by atoms with Gasteiger partial charge in [0.25, 0.3) is 0 Å². The van der Waals surface area contributed by atoms with Crippen LogP contribution in [0, 0.1) is 0 Å². The molecule has 1 aliphatic heterocycles. The predicted octanol–water partition coefficient (Wildman–Crippen LogP) is 0.479. The molecule has 0 atom stereocenters. The van der Waals surface area contributed by atoms with Crippen molar-refractivity contribution in [3.05, 3.63) is 12.3 Å². The van der Waals surface area contributed by atoms with E-state index in [9.17, 15) is 0 Å². The standard InChI is InChI=1S/C10H16N4/c1-13-8-5-9(11)12-10(13)14-6-3-2-4-7-14/h5,8,11H,2-4,6-7H2,1H3/p+1. The van der Waals surface area contributed by atoms with Gasteiger partial charge >= 0.3 is 5.95 Å². The van der Waals surface area contributed by atoms with Crippen LogP contribution in [-0.4, -0.2) is 18.1 Å². The Kier molecular flexibility index (Phi) is 2.52. The van der Waals surface area contributed by atoms with Crippen molar-refractivity contribution in [1.29, 1.82) is 0 Å². The van der Waals surface area contributed by atoms with E-state index >= 15 is 0 Å². The zero-order valence-electron chi connectivity index (χ0n) is 8.61. The SMILES string of the molecule is C[n+]1ccc(N)nc1N1CCCCC1. The van der Waals surface area contributed by atoms with Gasteiger partial charge in [0.1, 0.15) is 0 Å². The van der Waals surface area contributed by atoms with Crippen molar-refractivity contribution in [2.75, 3.05) is 23.7 Å². The monoisotopic (exact) mass is 193 g/mol. The van der Waals surface area contributed by atoms with Crippen molar-refractivity contribution >= 4 is 11.8 Å². The number of nitrogen functional groups attached to an aromatic ring is 1. The lowest BCUT2D eigenvalue weighted by molar-refractivity contribution is -0.661. The van der Waals surface area contributed by atoms with Gasteiger partial charge in [-0.3, -0.25) is 4.90 Å². The fourth-order valence-corrected chi connectivity index (χ4v) is 1.87. The normalized spacial score (nSPS) is 17.1. The summed E-state index contributed by atoms with van der Waals surface area (Å²) in [5.74, 6) is 1.59. The van der Waals surface area contributed by atoms with Crippen LogP contribution in [0.1, 0.15) is 19.3 Å². The van der Waals surface area contributed by atoms with Crippen LogP contribution in [-0.2, 0) is 7.05 Å². The van der Waals surface area contributed by atoms with Gasteiger partial charge in [0.05, 0.1) is 26.3 Å². The Morgan fingerprint density at radius 3 is 2.79 bits per heavy atom. The summed E-state index contributed by atoms with van der Waals surface area (Å²) < 4.78 is 2.03. The Labute approximate surface area is 84.4 Å². The Morgan fingerprint density at radius 1 is 1.36 bits per heavy atom. The molecule has 76 valence electrons. The second-order valence-electron chi connectivity index (χ2n) is 3.81. The van der Waals surface area contributed by atoms with Crippen molar-refractivity contribution in [3.8, 4) is 0 Å². The summed E-state index contributed by atoms with van der Waals surface area (Å²) in [7, 11) is 2.01. The summed E-state index contributed by atoms with van der Waals surface area (Å²) >= 11 is 0. The quantitative estimate of drug-likeness (QED) is 0.660. The molecular formula is C10H17N4+. The molecule has 1 aliphatic rings. The van der Waals surface area contributed by atoms with Crippen LogP contribution in [0.3, 0.4) is 0 Å². The van der Waals surface area contributed by atoms with E-state index in [1.165, 1.54) is 19.3 Å². The first-order valence-corrected chi connectivity index (χ1v) is 5.14. The van der Waals surface area contributed by atoms with E-state index in [-0.39, 0.29) is 0 Å². The molecule has 0 bridgehead atoms. The minimum atomic E-state index is 0.601. The van der Waals surface area contributed by atoms with E-state index < -0.39 is 0 Å². The van der Waals surface area contributed by atoms with Gasteiger partial charge in [-0.1, -0.05) is 4.98 Å². The molecule has 4 heteroatoms. The Balaban J connectivity index is 2.24. The number of aromatic nitrogens is 2. The molecule has 2 rings (SSSR count). The van der Waals surface area contributed by atoms with Gasteiger partial charge in [0.15, 0.2) is 0 Å². The van der Waals surface area contributed by atoms with E-state index in [1.807, 2.05) is 23.9 Å². The van der Waals surface area contributed by atoms with E-state index in [0.29, 0.717) is 5.82 Å².